The molecule has 0 atom stereocenters. The Hall–Kier alpha value is -2.53. The number of nitrogens with zero attached hydrogens (tertiary/aromatic N) is 1. The van der Waals surface area contributed by atoms with Crippen molar-refractivity contribution in [2.75, 3.05) is 27.3 Å². The first kappa shape index (κ1) is 20.8. The molecule has 0 saturated heterocycles. The maximum atomic E-state index is 5.46. The summed E-state index contributed by atoms with van der Waals surface area (Å²) in [6.07, 6.45) is 0.874. The van der Waals surface area contributed by atoms with Crippen LogP contribution in [0.3, 0.4) is 0 Å². The average molecular weight is 370 g/mol. The number of hydrogen-bond donors (Lipinski definition) is 2. The highest BCUT2D eigenvalue weighted by molar-refractivity contribution is 5.79. The fourth-order valence-corrected chi connectivity index (χ4v) is 2.91. The van der Waals surface area contributed by atoms with Gasteiger partial charge in [-0.2, -0.15) is 0 Å². The van der Waals surface area contributed by atoms with E-state index < -0.39 is 0 Å². The van der Waals surface area contributed by atoms with Crippen LogP contribution in [0.4, 0.5) is 0 Å². The largest absolute Gasteiger partial charge is 0.496 e. The molecule has 0 spiro atoms. The van der Waals surface area contributed by atoms with Gasteiger partial charge in [0.05, 0.1) is 20.3 Å². The van der Waals surface area contributed by atoms with Gasteiger partial charge in [-0.25, -0.2) is 4.99 Å². The quantitative estimate of drug-likeness (QED) is 0.525. The summed E-state index contributed by atoms with van der Waals surface area (Å²) in [5, 5.41) is 6.71. The van der Waals surface area contributed by atoms with E-state index in [0.717, 1.165) is 36.8 Å². The minimum absolute atomic E-state index is 0.619. The summed E-state index contributed by atoms with van der Waals surface area (Å²) < 4.78 is 10.7. The van der Waals surface area contributed by atoms with E-state index in [0.29, 0.717) is 13.2 Å². The van der Waals surface area contributed by atoms with E-state index in [-0.39, 0.29) is 0 Å². The van der Waals surface area contributed by atoms with Crippen LogP contribution in [0.15, 0.2) is 47.5 Å². The third-order valence-electron chi connectivity index (χ3n) is 4.19. The maximum absolute atomic E-state index is 5.46. The number of aryl methyl sites for hydroxylation is 1. The maximum Gasteiger partial charge on any atom is 0.191 e. The molecule has 2 aromatic rings. The summed E-state index contributed by atoms with van der Waals surface area (Å²) in [7, 11) is 3.42. The number of aliphatic imine (C=N–C) groups is 1. The predicted molar refractivity (Wildman–Crippen MR) is 111 cm³/mol. The van der Waals surface area contributed by atoms with Crippen LogP contribution in [0.5, 0.6) is 5.75 Å². The number of guanidine groups is 1. The number of benzene rings is 2. The van der Waals surface area contributed by atoms with Crippen LogP contribution in [0.1, 0.15) is 29.2 Å². The van der Waals surface area contributed by atoms with Crippen LogP contribution < -0.4 is 15.4 Å². The summed E-state index contributed by atoms with van der Waals surface area (Å²) in [5.74, 6) is 1.75. The zero-order valence-electron chi connectivity index (χ0n) is 16.8. The van der Waals surface area contributed by atoms with Crippen molar-refractivity contribution in [1.29, 1.82) is 0 Å². The van der Waals surface area contributed by atoms with Crippen molar-refractivity contribution in [3.05, 3.63) is 64.7 Å². The van der Waals surface area contributed by atoms with Crippen LogP contribution in [-0.4, -0.2) is 33.3 Å². The van der Waals surface area contributed by atoms with Gasteiger partial charge in [-0.05, 0) is 43.0 Å². The summed E-state index contributed by atoms with van der Waals surface area (Å²) in [6, 6.07) is 14.6. The zero-order valence-corrected chi connectivity index (χ0v) is 16.8. The molecule has 0 radical (unpaired) electrons. The molecule has 0 unspecified atom stereocenters. The van der Waals surface area contributed by atoms with Gasteiger partial charge in [0, 0.05) is 20.2 Å². The van der Waals surface area contributed by atoms with Gasteiger partial charge in [0.1, 0.15) is 5.75 Å². The Balaban J connectivity index is 1.96. The molecule has 0 bridgehead atoms. The molecule has 0 heterocycles. The first-order valence-electron chi connectivity index (χ1n) is 9.38. The lowest BCUT2D eigenvalue weighted by atomic mass is 10.1. The van der Waals surface area contributed by atoms with E-state index in [1.54, 1.807) is 14.2 Å². The summed E-state index contributed by atoms with van der Waals surface area (Å²) >= 11 is 0. The molecule has 2 N–H and O–H groups in total. The fraction of sp³-hybridized carbons (Fsp3) is 0.409. The molecule has 0 fully saturated rings. The monoisotopic (exact) mass is 369 g/mol. The molecular weight excluding hydrogens is 338 g/mol. The topological polar surface area (TPSA) is 54.9 Å². The molecule has 5 heteroatoms. The standard InChI is InChI=1S/C22H31N3O2/c1-5-23-22(25-15-18-7-6-8-19(14-18)16-26-3)24-12-11-20-13-17(2)9-10-21(20)27-4/h6-10,13-14H,5,11-12,15-16H2,1-4H3,(H2,23,24,25). The van der Waals surface area contributed by atoms with Crippen molar-refractivity contribution in [1.82, 2.24) is 10.6 Å². The van der Waals surface area contributed by atoms with Gasteiger partial charge in [-0.1, -0.05) is 42.0 Å². The van der Waals surface area contributed by atoms with E-state index in [1.165, 1.54) is 16.7 Å². The van der Waals surface area contributed by atoms with E-state index in [4.69, 9.17) is 14.5 Å². The lowest BCUT2D eigenvalue weighted by molar-refractivity contribution is 0.185. The van der Waals surface area contributed by atoms with Gasteiger partial charge in [0.2, 0.25) is 0 Å². The Morgan fingerprint density at radius 1 is 1.04 bits per heavy atom. The summed E-state index contributed by atoms with van der Waals surface area (Å²) in [4.78, 5) is 4.70. The number of rotatable bonds is 9. The third kappa shape index (κ3) is 6.94. The van der Waals surface area contributed by atoms with Crippen LogP contribution in [-0.2, 0) is 24.3 Å². The number of hydrogen-bond acceptors (Lipinski definition) is 3. The molecule has 2 aromatic carbocycles. The molecule has 0 amide bonds. The summed E-state index contributed by atoms with van der Waals surface area (Å²) in [5.41, 5.74) is 4.77. The highest BCUT2D eigenvalue weighted by Gasteiger charge is 2.04. The van der Waals surface area contributed by atoms with Gasteiger partial charge >= 0.3 is 0 Å². The van der Waals surface area contributed by atoms with Crippen molar-refractivity contribution >= 4 is 5.96 Å². The minimum Gasteiger partial charge on any atom is -0.496 e. The smallest absolute Gasteiger partial charge is 0.191 e. The average Bonchev–Trinajstić information content (AvgIpc) is 2.67. The van der Waals surface area contributed by atoms with Gasteiger partial charge in [0.25, 0.3) is 0 Å². The number of nitrogens with one attached hydrogen (secondary N) is 2. The first-order chi connectivity index (χ1) is 13.2. The van der Waals surface area contributed by atoms with Crippen LogP contribution >= 0.6 is 0 Å². The number of methoxy groups -OCH3 is 2. The highest BCUT2D eigenvalue weighted by atomic mass is 16.5. The lowest BCUT2D eigenvalue weighted by Gasteiger charge is -2.13. The van der Waals surface area contributed by atoms with Gasteiger partial charge in [-0.15, -0.1) is 0 Å². The molecule has 0 aliphatic heterocycles. The predicted octanol–water partition coefficient (Wildman–Crippen LogP) is 3.45. The third-order valence-corrected chi connectivity index (χ3v) is 4.19. The van der Waals surface area contributed by atoms with E-state index >= 15 is 0 Å². The van der Waals surface area contributed by atoms with E-state index in [2.05, 4.69) is 54.8 Å². The molecular formula is C22H31N3O2. The van der Waals surface area contributed by atoms with Gasteiger partial charge < -0.3 is 20.1 Å². The van der Waals surface area contributed by atoms with Crippen molar-refractivity contribution in [2.24, 2.45) is 4.99 Å². The van der Waals surface area contributed by atoms with Crippen molar-refractivity contribution in [2.45, 2.75) is 33.4 Å². The second-order valence-electron chi connectivity index (χ2n) is 6.44. The lowest BCUT2D eigenvalue weighted by Crippen LogP contribution is -2.38. The molecule has 0 saturated carbocycles. The van der Waals surface area contributed by atoms with Gasteiger partial charge in [0.15, 0.2) is 5.96 Å². The van der Waals surface area contributed by atoms with E-state index in [9.17, 15) is 0 Å². The van der Waals surface area contributed by atoms with Crippen LogP contribution in [0.2, 0.25) is 0 Å². The van der Waals surface area contributed by atoms with Crippen LogP contribution in [0, 0.1) is 6.92 Å². The molecule has 27 heavy (non-hydrogen) atoms. The van der Waals surface area contributed by atoms with Crippen molar-refractivity contribution in [3.63, 3.8) is 0 Å². The molecule has 0 aromatic heterocycles. The highest BCUT2D eigenvalue weighted by Crippen LogP contribution is 2.19. The second kappa shape index (κ2) is 11.2. The Kier molecular flexibility index (Phi) is 8.65. The Morgan fingerprint density at radius 3 is 2.59 bits per heavy atom. The second-order valence-corrected chi connectivity index (χ2v) is 6.44. The first-order valence-corrected chi connectivity index (χ1v) is 9.38. The zero-order chi connectivity index (χ0) is 19.5. The van der Waals surface area contributed by atoms with Crippen LogP contribution in [0.25, 0.3) is 0 Å². The minimum atomic E-state index is 0.619. The number of ether oxygens (including phenoxy) is 2. The Labute approximate surface area is 162 Å². The molecule has 146 valence electrons. The molecule has 5 nitrogen and oxygen atoms in total. The normalized spacial score (nSPS) is 11.3. The fourth-order valence-electron chi connectivity index (χ4n) is 2.91. The van der Waals surface area contributed by atoms with Gasteiger partial charge in [-0.3, -0.25) is 0 Å². The van der Waals surface area contributed by atoms with Crippen molar-refractivity contribution < 1.29 is 9.47 Å². The van der Waals surface area contributed by atoms with Crippen molar-refractivity contribution in [3.8, 4) is 5.75 Å². The molecule has 2 rings (SSSR count). The van der Waals surface area contributed by atoms with E-state index in [1.807, 2.05) is 12.1 Å². The summed E-state index contributed by atoms with van der Waals surface area (Å²) in [6.45, 7) is 7.02. The Bertz CT molecular complexity index is 744. The molecule has 0 aliphatic carbocycles. The molecule has 0 aliphatic rings. The SMILES string of the molecule is CCNC(=NCc1cccc(COC)c1)NCCc1cc(C)ccc1OC. The Morgan fingerprint density at radius 2 is 1.85 bits per heavy atom.